The highest BCUT2D eigenvalue weighted by Gasteiger charge is 2.06. The summed E-state index contributed by atoms with van der Waals surface area (Å²) in [6, 6.07) is 10.00. The lowest BCUT2D eigenvalue weighted by Gasteiger charge is -2.15. The first kappa shape index (κ1) is 15.4. The predicted molar refractivity (Wildman–Crippen MR) is 83.0 cm³/mol. The van der Waals surface area contributed by atoms with Gasteiger partial charge in [-0.2, -0.15) is 0 Å². The first-order valence-corrected chi connectivity index (χ1v) is 6.97. The van der Waals surface area contributed by atoms with Crippen LogP contribution in [0.1, 0.15) is 5.56 Å². The van der Waals surface area contributed by atoms with Gasteiger partial charge >= 0.3 is 0 Å². The summed E-state index contributed by atoms with van der Waals surface area (Å²) in [5, 5.41) is 3.99. The molecule has 2 rings (SSSR count). The van der Waals surface area contributed by atoms with E-state index in [-0.39, 0.29) is 5.91 Å². The van der Waals surface area contributed by atoms with Crippen LogP contribution in [0.15, 0.2) is 36.5 Å². The van der Waals surface area contributed by atoms with Crippen molar-refractivity contribution in [3.05, 3.63) is 42.1 Å². The number of rotatable bonds is 7. The zero-order chi connectivity index (χ0) is 15.1. The number of carbonyl (C=O) groups excluding carboxylic acids is 1. The third-order valence-electron chi connectivity index (χ3n) is 3.23. The van der Waals surface area contributed by atoms with Gasteiger partial charge < -0.3 is 10.1 Å². The van der Waals surface area contributed by atoms with Crippen molar-refractivity contribution in [3.8, 4) is 0 Å². The van der Waals surface area contributed by atoms with Crippen LogP contribution in [-0.2, 0) is 16.1 Å². The Morgan fingerprint density at radius 1 is 1.38 bits per heavy atom. The Bertz CT molecular complexity index is 601. The molecule has 0 aliphatic heterocycles. The van der Waals surface area contributed by atoms with Crippen molar-refractivity contribution >= 4 is 16.8 Å². The standard InChI is InChI=1S/C16H21N3O2/c1-19(7-8-21-2)12-16(20)18-11-13-9-14-5-3-4-6-15(14)17-10-13/h3-6,9-10H,7-8,11-12H2,1-2H3,(H,18,20). The molecule has 0 saturated heterocycles. The van der Waals surface area contributed by atoms with Crippen molar-refractivity contribution in [2.45, 2.75) is 6.54 Å². The zero-order valence-electron chi connectivity index (χ0n) is 12.5. The Kier molecular flexibility index (Phi) is 5.66. The number of benzene rings is 1. The number of nitrogens with one attached hydrogen (secondary N) is 1. The monoisotopic (exact) mass is 287 g/mol. The number of methoxy groups -OCH3 is 1. The molecule has 0 aliphatic carbocycles. The Labute approximate surface area is 124 Å². The van der Waals surface area contributed by atoms with E-state index < -0.39 is 0 Å². The summed E-state index contributed by atoms with van der Waals surface area (Å²) in [5.74, 6) is 0.00163. The second-order valence-corrected chi connectivity index (χ2v) is 5.04. The van der Waals surface area contributed by atoms with Gasteiger partial charge in [-0.3, -0.25) is 14.7 Å². The largest absolute Gasteiger partial charge is 0.383 e. The van der Waals surface area contributed by atoms with Crippen LogP contribution in [0.4, 0.5) is 0 Å². The molecule has 1 aromatic carbocycles. The quantitative estimate of drug-likeness (QED) is 0.837. The molecule has 0 spiro atoms. The number of ether oxygens (including phenoxy) is 1. The number of likely N-dealkylation sites (N-methyl/N-ethyl adjacent to an activating group) is 1. The molecular formula is C16H21N3O2. The highest BCUT2D eigenvalue weighted by Crippen LogP contribution is 2.12. The summed E-state index contributed by atoms with van der Waals surface area (Å²) >= 11 is 0. The van der Waals surface area contributed by atoms with E-state index in [1.165, 1.54) is 0 Å². The highest BCUT2D eigenvalue weighted by atomic mass is 16.5. The van der Waals surface area contributed by atoms with E-state index in [0.717, 1.165) is 23.0 Å². The van der Waals surface area contributed by atoms with Crippen molar-refractivity contribution in [3.63, 3.8) is 0 Å². The molecule has 2 aromatic rings. The van der Waals surface area contributed by atoms with Crippen LogP contribution in [0.3, 0.4) is 0 Å². The molecule has 1 N–H and O–H groups in total. The fourth-order valence-corrected chi connectivity index (χ4v) is 2.04. The topological polar surface area (TPSA) is 54.5 Å². The number of nitrogens with zero attached hydrogens (tertiary/aromatic N) is 2. The van der Waals surface area contributed by atoms with Crippen LogP contribution in [0.25, 0.3) is 10.9 Å². The van der Waals surface area contributed by atoms with Gasteiger partial charge in [0.2, 0.25) is 5.91 Å². The molecule has 0 bridgehead atoms. The lowest BCUT2D eigenvalue weighted by molar-refractivity contribution is -0.122. The van der Waals surface area contributed by atoms with E-state index >= 15 is 0 Å². The molecule has 5 heteroatoms. The maximum Gasteiger partial charge on any atom is 0.234 e. The number of para-hydroxylation sites is 1. The number of fused-ring (bicyclic) bond motifs is 1. The van der Waals surface area contributed by atoms with Gasteiger partial charge in [0.25, 0.3) is 0 Å². The van der Waals surface area contributed by atoms with E-state index in [2.05, 4.69) is 16.4 Å². The molecule has 0 radical (unpaired) electrons. The second-order valence-electron chi connectivity index (χ2n) is 5.04. The van der Waals surface area contributed by atoms with Gasteiger partial charge in [0, 0.05) is 31.8 Å². The van der Waals surface area contributed by atoms with Crippen molar-refractivity contribution < 1.29 is 9.53 Å². The molecule has 5 nitrogen and oxygen atoms in total. The molecule has 0 atom stereocenters. The summed E-state index contributed by atoms with van der Waals surface area (Å²) < 4.78 is 4.98. The summed E-state index contributed by atoms with van der Waals surface area (Å²) in [4.78, 5) is 18.1. The smallest absolute Gasteiger partial charge is 0.234 e. The number of carbonyl (C=O) groups is 1. The van der Waals surface area contributed by atoms with Gasteiger partial charge in [-0.15, -0.1) is 0 Å². The van der Waals surface area contributed by atoms with Gasteiger partial charge in [-0.25, -0.2) is 0 Å². The molecule has 21 heavy (non-hydrogen) atoms. The molecule has 0 aliphatic rings. The number of hydrogen-bond acceptors (Lipinski definition) is 4. The molecule has 112 valence electrons. The fourth-order valence-electron chi connectivity index (χ4n) is 2.04. The first-order chi connectivity index (χ1) is 10.2. The minimum Gasteiger partial charge on any atom is -0.383 e. The summed E-state index contributed by atoms with van der Waals surface area (Å²) in [5.41, 5.74) is 1.97. The second kappa shape index (κ2) is 7.71. The van der Waals surface area contributed by atoms with E-state index in [4.69, 9.17) is 4.74 Å². The first-order valence-electron chi connectivity index (χ1n) is 6.97. The van der Waals surface area contributed by atoms with Gasteiger partial charge in [-0.1, -0.05) is 18.2 Å². The Morgan fingerprint density at radius 2 is 2.19 bits per heavy atom. The lowest BCUT2D eigenvalue weighted by atomic mass is 10.1. The van der Waals surface area contributed by atoms with E-state index in [9.17, 15) is 4.79 Å². The Balaban J connectivity index is 1.85. The van der Waals surface area contributed by atoms with Crippen molar-refractivity contribution in [2.75, 3.05) is 33.9 Å². The molecule has 0 fully saturated rings. The number of aromatic nitrogens is 1. The molecular weight excluding hydrogens is 266 g/mol. The SMILES string of the molecule is COCCN(C)CC(=O)NCc1cnc2ccccc2c1. The molecule has 1 amide bonds. The van der Waals surface area contributed by atoms with Crippen LogP contribution >= 0.6 is 0 Å². The number of amides is 1. The lowest BCUT2D eigenvalue weighted by Crippen LogP contribution is -2.36. The highest BCUT2D eigenvalue weighted by molar-refractivity contribution is 5.80. The van der Waals surface area contributed by atoms with Crippen molar-refractivity contribution in [1.82, 2.24) is 15.2 Å². The minimum atomic E-state index is 0.00163. The molecule has 0 saturated carbocycles. The predicted octanol–water partition coefficient (Wildman–Crippen LogP) is 1.43. The van der Waals surface area contributed by atoms with Crippen LogP contribution in [0.2, 0.25) is 0 Å². The summed E-state index contributed by atoms with van der Waals surface area (Å²) in [7, 11) is 3.55. The van der Waals surface area contributed by atoms with Gasteiger partial charge in [-0.05, 0) is 24.7 Å². The minimum absolute atomic E-state index is 0.00163. The molecule has 0 unspecified atom stereocenters. The van der Waals surface area contributed by atoms with E-state index in [0.29, 0.717) is 19.7 Å². The third-order valence-corrected chi connectivity index (χ3v) is 3.23. The molecule has 1 heterocycles. The summed E-state index contributed by atoms with van der Waals surface area (Å²) in [6.07, 6.45) is 1.80. The average Bonchev–Trinajstić information content (AvgIpc) is 2.50. The maximum absolute atomic E-state index is 11.8. The normalized spacial score (nSPS) is 11.0. The van der Waals surface area contributed by atoms with Gasteiger partial charge in [0.1, 0.15) is 0 Å². The van der Waals surface area contributed by atoms with Gasteiger partial charge in [0.15, 0.2) is 0 Å². The van der Waals surface area contributed by atoms with Crippen molar-refractivity contribution in [1.29, 1.82) is 0 Å². The number of pyridine rings is 1. The average molecular weight is 287 g/mol. The van der Waals surface area contributed by atoms with Crippen LogP contribution in [0, 0.1) is 0 Å². The van der Waals surface area contributed by atoms with Crippen LogP contribution in [-0.4, -0.2) is 49.6 Å². The number of hydrogen-bond donors (Lipinski definition) is 1. The van der Waals surface area contributed by atoms with E-state index in [1.807, 2.05) is 36.2 Å². The van der Waals surface area contributed by atoms with Crippen molar-refractivity contribution in [2.24, 2.45) is 0 Å². The van der Waals surface area contributed by atoms with Gasteiger partial charge in [0.05, 0.1) is 18.7 Å². The van der Waals surface area contributed by atoms with Crippen LogP contribution in [0.5, 0.6) is 0 Å². The van der Waals surface area contributed by atoms with Crippen LogP contribution < -0.4 is 5.32 Å². The zero-order valence-corrected chi connectivity index (χ0v) is 12.5. The van der Waals surface area contributed by atoms with E-state index in [1.54, 1.807) is 13.3 Å². The summed E-state index contributed by atoms with van der Waals surface area (Å²) in [6.45, 7) is 2.22. The Morgan fingerprint density at radius 3 is 3.00 bits per heavy atom. The Hall–Kier alpha value is -1.98. The third kappa shape index (κ3) is 4.81. The fraction of sp³-hybridized carbons (Fsp3) is 0.375. The maximum atomic E-state index is 11.8. The molecule has 1 aromatic heterocycles.